The molecule has 2 rings (SSSR count). The zero-order chi connectivity index (χ0) is 17.7. The van der Waals surface area contributed by atoms with Gasteiger partial charge in [0.1, 0.15) is 5.75 Å². The molecule has 0 saturated carbocycles. The smallest absolute Gasteiger partial charge is 0.437 e. The van der Waals surface area contributed by atoms with E-state index in [0.29, 0.717) is 5.75 Å². The minimum absolute atomic E-state index is 0.486. The zero-order valence-corrected chi connectivity index (χ0v) is 15.1. The molecule has 0 N–H and O–H groups in total. The maximum Gasteiger partial charge on any atom is 0.513 e. The summed E-state index contributed by atoms with van der Waals surface area (Å²) in [7, 11) is 1.29. The summed E-state index contributed by atoms with van der Waals surface area (Å²) >= 11 is 0. The van der Waals surface area contributed by atoms with Gasteiger partial charge < -0.3 is 9.47 Å². The maximum absolute atomic E-state index is 10.9. The number of ether oxygens (including phenoxy) is 2. The molecule has 23 heavy (non-hydrogen) atoms. The molecule has 0 atom stereocenters. The minimum Gasteiger partial charge on any atom is -0.437 e. The number of hydrogen-bond acceptors (Lipinski definition) is 3. The van der Waals surface area contributed by atoms with Gasteiger partial charge in [-0.1, -0.05) is 69.7 Å². The molecular formula is C20H28O3. The molecule has 0 heterocycles. The number of benzene rings is 2. The van der Waals surface area contributed by atoms with Crippen LogP contribution in [0.3, 0.4) is 0 Å². The fourth-order valence-corrected chi connectivity index (χ4v) is 1.75. The Morgan fingerprint density at radius 3 is 1.70 bits per heavy atom. The van der Waals surface area contributed by atoms with Gasteiger partial charge in [0, 0.05) is 0 Å². The number of methoxy groups -OCH3 is 1. The van der Waals surface area contributed by atoms with Gasteiger partial charge >= 0.3 is 6.16 Å². The third-order valence-corrected chi connectivity index (χ3v) is 2.82. The Morgan fingerprint density at radius 1 is 0.826 bits per heavy atom. The van der Waals surface area contributed by atoms with E-state index in [1.165, 1.54) is 23.8 Å². The lowest BCUT2D eigenvalue weighted by Crippen LogP contribution is -2.07. The normalized spacial score (nSPS) is 8.78. The molecule has 0 unspecified atom stereocenters. The summed E-state index contributed by atoms with van der Waals surface area (Å²) in [5, 5.41) is 0. The van der Waals surface area contributed by atoms with Crippen LogP contribution in [0.1, 0.15) is 44.4 Å². The van der Waals surface area contributed by atoms with Gasteiger partial charge in [-0.2, -0.15) is 0 Å². The summed E-state index contributed by atoms with van der Waals surface area (Å²) in [4.78, 5) is 10.9. The van der Waals surface area contributed by atoms with Crippen LogP contribution in [-0.4, -0.2) is 13.3 Å². The molecule has 3 nitrogen and oxygen atoms in total. The van der Waals surface area contributed by atoms with Gasteiger partial charge in [-0.05, 0) is 36.6 Å². The van der Waals surface area contributed by atoms with E-state index in [2.05, 4.69) is 35.9 Å². The summed E-state index contributed by atoms with van der Waals surface area (Å²) in [6, 6.07) is 15.9. The summed E-state index contributed by atoms with van der Waals surface area (Å²) < 4.78 is 9.35. The molecular weight excluding hydrogens is 288 g/mol. The van der Waals surface area contributed by atoms with Crippen molar-refractivity contribution in [1.82, 2.24) is 0 Å². The van der Waals surface area contributed by atoms with Crippen molar-refractivity contribution in [2.45, 2.75) is 41.0 Å². The summed E-state index contributed by atoms with van der Waals surface area (Å²) in [6.07, 6.45) is 0.157. The molecule has 0 aliphatic heterocycles. The highest BCUT2D eigenvalue weighted by atomic mass is 16.7. The summed E-state index contributed by atoms with van der Waals surface area (Å²) in [5.74, 6) is 0.486. The molecule has 0 saturated heterocycles. The fourth-order valence-electron chi connectivity index (χ4n) is 1.75. The molecule has 0 spiro atoms. The monoisotopic (exact) mass is 316 g/mol. The summed E-state index contributed by atoms with van der Waals surface area (Å²) in [5.41, 5.74) is 3.68. The second-order valence-corrected chi connectivity index (χ2v) is 4.36. The Labute approximate surface area is 140 Å². The van der Waals surface area contributed by atoms with Crippen molar-refractivity contribution in [3.63, 3.8) is 0 Å². The van der Waals surface area contributed by atoms with E-state index in [0.717, 1.165) is 6.42 Å². The largest absolute Gasteiger partial charge is 0.513 e. The number of carbonyl (C=O) groups excluding carboxylic acids is 1. The van der Waals surface area contributed by atoms with Crippen molar-refractivity contribution in [2.75, 3.05) is 7.11 Å². The lowest BCUT2D eigenvalue weighted by molar-refractivity contribution is 0.121. The molecule has 0 aliphatic rings. The predicted molar refractivity (Wildman–Crippen MR) is 96.2 cm³/mol. The Kier molecular flexibility index (Phi) is 11.1. The molecule has 2 aromatic carbocycles. The van der Waals surface area contributed by atoms with Gasteiger partial charge in [-0.25, -0.2) is 4.79 Å². The number of hydrogen-bond donors (Lipinski definition) is 0. The van der Waals surface area contributed by atoms with Crippen LogP contribution in [0.5, 0.6) is 5.75 Å². The second kappa shape index (κ2) is 12.3. The topological polar surface area (TPSA) is 35.5 Å². The Hall–Kier alpha value is -2.29. The highest BCUT2D eigenvalue weighted by Gasteiger charge is 2.03. The highest BCUT2D eigenvalue weighted by molar-refractivity contribution is 5.63. The fraction of sp³-hybridized carbons (Fsp3) is 0.350. The number of rotatable bonds is 3. The van der Waals surface area contributed by atoms with E-state index < -0.39 is 6.16 Å². The third-order valence-electron chi connectivity index (χ3n) is 2.82. The zero-order valence-electron chi connectivity index (χ0n) is 15.1. The van der Waals surface area contributed by atoms with Crippen LogP contribution in [-0.2, 0) is 11.2 Å². The average Bonchev–Trinajstić information content (AvgIpc) is 2.62. The third kappa shape index (κ3) is 8.05. The van der Waals surface area contributed by atoms with Crippen molar-refractivity contribution >= 4 is 6.16 Å². The Morgan fingerprint density at radius 2 is 1.26 bits per heavy atom. The first-order valence-corrected chi connectivity index (χ1v) is 8.07. The van der Waals surface area contributed by atoms with Gasteiger partial charge in [-0.3, -0.25) is 0 Å². The minimum atomic E-state index is -0.703. The summed E-state index contributed by atoms with van der Waals surface area (Å²) in [6.45, 7) is 10.1. The SMILES string of the molecule is CC.CC.COC(=O)Oc1ccc(Cc2ccc(C)cc2)cc1. The Bertz CT molecular complexity index is 542. The quantitative estimate of drug-likeness (QED) is 0.531. The number of carbonyl (C=O) groups is 1. The first-order chi connectivity index (χ1) is 11.2. The van der Waals surface area contributed by atoms with Crippen LogP contribution in [0.4, 0.5) is 4.79 Å². The van der Waals surface area contributed by atoms with E-state index in [-0.39, 0.29) is 0 Å². The van der Waals surface area contributed by atoms with Crippen molar-refractivity contribution < 1.29 is 14.3 Å². The van der Waals surface area contributed by atoms with E-state index in [9.17, 15) is 4.79 Å². The van der Waals surface area contributed by atoms with Crippen molar-refractivity contribution in [2.24, 2.45) is 0 Å². The van der Waals surface area contributed by atoms with Gasteiger partial charge in [-0.15, -0.1) is 0 Å². The van der Waals surface area contributed by atoms with Gasteiger partial charge in [0.25, 0.3) is 0 Å². The lowest BCUT2D eigenvalue weighted by atomic mass is 10.0. The lowest BCUT2D eigenvalue weighted by Gasteiger charge is -2.05. The molecule has 0 fully saturated rings. The van der Waals surface area contributed by atoms with E-state index in [1.807, 2.05) is 39.8 Å². The Balaban J connectivity index is 0.00000112. The average molecular weight is 316 g/mol. The molecule has 0 bridgehead atoms. The molecule has 0 aromatic heterocycles. The van der Waals surface area contributed by atoms with E-state index in [1.54, 1.807) is 12.1 Å². The molecule has 0 aliphatic carbocycles. The molecule has 126 valence electrons. The van der Waals surface area contributed by atoms with Gasteiger partial charge in [0.15, 0.2) is 0 Å². The van der Waals surface area contributed by atoms with Crippen molar-refractivity contribution in [1.29, 1.82) is 0 Å². The predicted octanol–water partition coefficient (Wildman–Crippen LogP) is 5.78. The van der Waals surface area contributed by atoms with Crippen LogP contribution in [0, 0.1) is 6.92 Å². The van der Waals surface area contributed by atoms with Crippen LogP contribution in [0.15, 0.2) is 48.5 Å². The van der Waals surface area contributed by atoms with Gasteiger partial charge in [0.05, 0.1) is 7.11 Å². The van der Waals surface area contributed by atoms with E-state index in [4.69, 9.17) is 4.74 Å². The first-order valence-electron chi connectivity index (χ1n) is 8.07. The first kappa shape index (κ1) is 20.7. The molecule has 2 aromatic rings. The highest BCUT2D eigenvalue weighted by Crippen LogP contribution is 2.16. The maximum atomic E-state index is 10.9. The standard InChI is InChI=1S/C16H16O3.2C2H6/c1-12-3-5-13(6-4-12)11-14-7-9-15(10-8-14)19-16(17)18-2;2*1-2/h3-10H,11H2,1-2H3;2*1-2H3. The second-order valence-electron chi connectivity index (χ2n) is 4.36. The molecule has 3 heteroatoms. The van der Waals surface area contributed by atoms with Crippen molar-refractivity contribution in [3.8, 4) is 5.75 Å². The number of aryl methyl sites for hydroxylation is 1. The van der Waals surface area contributed by atoms with Crippen LogP contribution < -0.4 is 4.74 Å². The molecule has 0 radical (unpaired) electrons. The molecule has 0 amide bonds. The van der Waals surface area contributed by atoms with Crippen LogP contribution in [0.2, 0.25) is 0 Å². The van der Waals surface area contributed by atoms with Gasteiger partial charge in [0.2, 0.25) is 0 Å². The van der Waals surface area contributed by atoms with E-state index >= 15 is 0 Å². The van der Waals surface area contributed by atoms with Crippen molar-refractivity contribution in [3.05, 3.63) is 65.2 Å². The van der Waals surface area contributed by atoms with Crippen LogP contribution in [0.25, 0.3) is 0 Å². The van der Waals surface area contributed by atoms with Crippen LogP contribution >= 0.6 is 0 Å².